The Morgan fingerprint density at radius 1 is 1.67 bits per heavy atom. The Hall–Kier alpha value is -0.0400. The smallest absolute Gasteiger partial charge is 0.00102 e. The van der Waals surface area contributed by atoms with Gasteiger partial charge in [-0.1, -0.05) is 20.8 Å². The first-order valence-corrected chi connectivity index (χ1v) is 2.50. The number of hydrogen-bond acceptors (Lipinski definition) is 1. The molecule has 0 bridgehead atoms. The topological polar surface area (TPSA) is 12.0 Å². The van der Waals surface area contributed by atoms with E-state index in [1.165, 1.54) is 0 Å². The summed E-state index contributed by atoms with van der Waals surface area (Å²) in [4.78, 5) is 0. The van der Waals surface area contributed by atoms with Crippen LogP contribution in [0.1, 0.15) is 22.2 Å². The van der Waals surface area contributed by atoms with Gasteiger partial charge in [0.25, 0.3) is 0 Å². The van der Waals surface area contributed by atoms with Crippen LogP contribution in [0.4, 0.5) is 0 Å². The van der Waals surface area contributed by atoms with Crippen LogP contribution >= 0.6 is 0 Å². The minimum absolute atomic E-state index is 0. The molecule has 0 radical (unpaired) electrons. The maximum absolute atomic E-state index is 3.21. The molecule has 1 nitrogen and oxygen atoms in total. The molecule has 40 valence electrons. The lowest BCUT2D eigenvalue weighted by molar-refractivity contribution is 0.613. The Morgan fingerprint density at radius 3 is 2.17 bits per heavy atom. The van der Waals surface area contributed by atoms with E-state index >= 15 is 0 Å². The Morgan fingerprint density at radius 2 is 2.17 bits per heavy atom. The lowest BCUT2D eigenvalue weighted by Gasteiger charge is -2.00. The largest absolute Gasteiger partial charge is 0.315 e. The van der Waals surface area contributed by atoms with Gasteiger partial charge in [-0.2, -0.15) is 0 Å². The van der Waals surface area contributed by atoms with E-state index in [4.69, 9.17) is 0 Å². The van der Waals surface area contributed by atoms with Crippen LogP contribution in [0.5, 0.6) is 0 Å². The number of hydrogen-bond donors (Lipinski definition) is 1. The van der Waals surface area contributed by atoms with E-state index in [2.05, 4.69) is 26.1 Å². The van der Waals surface area contributed by atoms with Crippen molar-refractivity contribution in [2.45, 2.75) is 26.8 Å². The molecule has 0 saturated heterocycles. The van der Waals surface area contributed by atoms with E-state index in [0.717, 1.165) is 6.54 Å². The zero-order valence-corrected chi connectivity index (χ0v) is 4.78. The summed E-state index contributed by atoms with van der Waals surface area (Å²) in [5.74, 6) is 0. The van der Waals surface area contributed by atoms with Crippen LogP contribution in [0.25, 0.3) is 0 Å². The van der Waals surface area contributed by atoms with Gasteiger partial charge < -0.3 is 5.32 Å². The fourth-order valence-electron chi connectivity index (χ4n) is 0.408. The van der Waals surface area contributed by atoms with Crippen molar-refractivity contribution in [3.05, 3.63) is 0 Å². The van der Waals surface area contributed by atoms with Gasteiger partial charge in [-0.05, 0) is 6.54 Å². The third-order valence-electron chi connectivity index (χ3n) is 0.612. The van der Waals surface area contributed by atoms with Crippen molar-refractivity contribution >= 4 is 0 Å². The van der Waals surface area contributed by atoms with Crippen LogP contribution in [0.3, 0.4) is 0 Å². The normalized spacial score (nSPS) is 10.0. The van der Waals surface area contributed by atoms with Gasteiger partial charge in [0.05, 0.1) is 0 Å². The lowest BCUT2D eigenvalue weighted by Crippen LogP contribution is -2.21. The molecule has 0 spiro atoms. The van der Waals surface area contributed by atoms with Crippen molar-refractivity contribution < 1.29 is 1.43 Å². The molecule has 0 fully saturated rings. The predicted octanol–water partition coefficient (Wildman–Crippen LogP) is 1.25. The molecule has 0 atom stereocenters. The first-order valence-electron chi connectivity index (χ1n) is 2.50. The van der Waals surface area contributed by atoms with Crippen LogP contribution in [0.15, 0.2) is 0 Å². The highest BCUT2D eigenvalue weighted by atomic mass is 14.9. The molecule has 0 aliphatic heterocycles. The second-order valence-electron chi connectivity index (χ2n) is 1.71. The first kappa shape index (κ1) is 5.96. The standard InChI is InChI=1S/C5H13N.H2/c1-4-6-5(2)3;/h5-6H,4H2,1-3H3;1H. The van der Waals surface area contributed by atoms with Gasteiger partial charge >= 0.3 is 0 Å². The summed E-state index contributed by atoms with van der Waals surface area (Å²) in [5.41, 5.74) is 0. The van der Waals surface area contributed by atoms with Crippen molar-refractivity contribution in [3.8, 4) is 0 Å². The molecule has 1 heteroatoms. The Bertz CT molecular complexity index is 29.3. The quantitative estimate of drug-likeness (QED) is 0.537. The van der Waals surface area contributed by atoms with Crippen LogP contribution in [-0.2, 0) is 0 Å². The SMILES string of the molecule is CCNC(C)C.[HH]. The van der Waals surface area contributed by atoms with Crippen molar-refractivity contribution in [1.82, 2.24) is 5.32 Å². The van der Waals surface area contributed by atoms with Crippen LogP contribution < -0.4 is 5.32 Å². The van der Waals surface area contributed by atoms with Gasteiger partial charge in [0.15, 0.2) is 0 Å². The summed E-state index contributed by atoms with van der Waals surface area (Å²) in [6, 6.07) is 0.648. The molecule has 0 aromatic rings. The molecule has 6 heavy (non-hydrogen) atoms. The summed E-state index contributed by atoms with van der Waals surface area (Å²) in [6.45, 7) is 7.48. The lowest BCUT2D eigenvalue weighted by atomic mass is 10.4. The van der Waals surface area contributed by atoms with Gasteiger partial charge in [-0.15, -0.1) is 0 Å². The maximum atomic E-state index is 3.21. The van der Waals surface area contributed by atoms with Crippen molar-refractivity contribution in [1.29, 1.82) is 0 Å². The molecule has 0 aromatic carbocycles. The second kappa shape index (κ2) is 3.16. The van der Waals surface area contributed by atoms with Crippen LogP contribution in [-0.4, -0.2) is 12.6 Å². The zero-order chi connectivity index (χ0) is 4.99. The molecule has 0 amide bonds. The Kier molecular flexibility index (Phi) is 3.14. The second-order valence-corrected chi connectivity index (χ2v) is 1.71. The predicted molar refractivity (Wildman–Crippen MR) is 30.9 cm³/mol. The minimum Gasteiger partial charge on any atom is -0.315 e. The fourth-order valence-corrected chi connectivity index (χ4v) is 0.408. The molecule has 0 aliphatic carbocycles. The van der Waals surface area contributed by atoms with E-state index in [-0.39, 0.29) is 1.43 Å². The average Bonchev–Trinajstić information content (AvgIpc) is 1.35. The molecule has 0 aromatic heterocycles. The van der Waals surface area contributed by atoms with Gasteiger partial charge in [-0.3, -0.25) is 0 Å². The van der Waals surface area contributed by atoms with Gasteiger partial charge in [0.2, 0.25) is 0 Å². The van der Waals surface area contributed by atoms with Crippen molar-refractivity contribution in [2.75, 3.05) is 6.54 Å². The van der Waals surface area contributed by atoms with Crippen LogP contribution in [0, 0.1) is 0 Å². The van der Waals surface area contributed by atoms with E-state index in [1.54, 1.807) is 0 Å². The zero-order valence-electron chi connectivity index (χ0n) is 4.78. The summed E-state index contributed by atoms with van der Waals surface area (Å²) in [6.07, 6.45) is 0. The summed E-state index contributed by atoms with van der Waals surface area (Å²) in [5, 5.41) is 3.21. The molecular formula is C5H15N. The Labute approximate surface area is 41.2 Å². The maximum Gasteiger partial charge on any atom is 0.00102 e. The van der Waals surface area contributed by atoms with Crippen molar-refractivity contribution in [2.24, 2.45) is 0 Å². The fraction of sp³-hybridized carbons (Fsp3) is 1.00. The summed E-state index contributed by atoms with van der Waals surface area (Å²) >= 11 is 0. The van der Waals surface area contributed by atoms with Crippen molar-refractivity contribution in [3.63, 3.8) is 0 Å². The molecule has 0 rings (SSSR count). The van der Waals surface area contributed by atoms with E-state index in [9.17, 15) is 0 Å². The Balaban J connectivity index is 0. The first-order chi connectivity index (χ1) is 2.77. The highest BCUT2D eigenvalue weighted by molar-refractivity contribution is 4.46. The van der Waals surface area contributed by atoms with E-state index < -0.39 is 0 Å². The van der Waals surface area contributed by atoms with E-state index in [1.807, 2.05) is 0 Å². The highest BCUT2D eigenvalue weighted by Crippen LogP contribution is 1.70. The number of rotatable bonds is 2. The van der Waals surface area contributed by atoms with Gasteiger partial charge in [-0.25, -0.2) is 0 Å². The number of nitrogens with one attached hydrogen (secondary N) is 1. The molecule has 0 unspecified atom stereocenters. The molecule has 0 heterocycles. The molecule has 1 N–H and O–H groups in total. The van der Waals surface area contributed by atoms with Gasteiger partial charge in [0.1, 0.15) is 0 Å². The summed E-state index contributed by atoms with van der Waals surface area (Å²) < 4.78 is 0. The molecule has 0 aliphatic rings. The average molecular weight is 89.2 g/mol. The third kappa shape index (κ3) is 3.96. The third-order valence-corrected chi connectivity index (χ3v) is 0.612. The minimum atomic E-state index is 0. The van der Waals surface area contributed by atoms with E-state index in [0.29, 0.717) is 6.04 Å². The molecular weight excluding hydrogens is 74.1 g/mol. The van der Waals surface area contributed by atoms with Crippen LogP contribution in [0.2, 0.25) is 0 Å². The van der Waals surface area contributed by atoms with Gasteiger partial charge in [0, 0.05) is 7.47 Å². The highest BCUT2D eigenvalue weighted by Gasteiger charge is 1.82. The summed E-state index contributed by atoms with van der Waals surface area (Å²) in [7, 11) is 0. The monoisotopic (exact) mass is 89.1 g/mol. The molecule has 0 saturated carbocycles.